The lowest BCUT2D eigenvalue weighted by molar-refractivity contribution is -0.125. The molecule has 0 aliphatic carbocycles. The molecule has 4 rings (SSSR count). The van der Waals surface area contributed by atoms with E-state index in [-0.39, 0.29) is 11.8 Å². The van der Waals surface area contributed by atoms with Crippen LogP contribution in [0.3, 0.4) is 0 Å². The van der Waals surface area contributed by atoms with Gasteiger partial charge >= 0.3 is 0 Å². The third-order valence-electron chi connectivity index (χ3n) is 5.34. The normalized spacial score (nSPS) is 17.1. The lowest BCUT2D eigenvalue weighted by Crippen LogP contribution is -2.43. The van der Waals surface area contributed by atoms with E-state index in [2.05, 4.69) is 56.5 Å². The van der Waals surface area contributed by atoms with Crippen LogP contribution >= 0.6 is 0 Å². The van der Waals surface area contributed by atoms with Crippen molar-refractivity contribution in [3.63, 3.8) is 0 Å². The molecule has 28 heavy (non-hydrogen) atoms. The van der Waals surface area contributed by atoms with E-state index in [1.165, 1.54) is 11.9 Å². The minimum atomic E-state index is -0.0610. The zero-order chi connectivity index (χ0) is 19.5. The smallest absolute Gasteiger partial charge is 0.263 e. The number of rotatable bonds is 5. The molecular formula is C21H25N5O2. The summed E-state index contributed by atoms with van der Waals surface area (Å²) in [5.74, 6) is 0.852. The minimum Gasteiger partial charge on any atom is -0.355 e. The Kier molecular flexibility index (Phi) is 5.23. The summed E-state index contributed by atoms with van der Waals surface area (Å²) in [7, 11) is 0. The van der Waals surface area contributed by atoms with Gasteiger partial charge < -0.3 is 14.7 Å². The van der Waals surface area contributed by atoms with Crippen molar-refractivity contribution in [1.82, 2.24) is 20.4 Å². The molecule has 0 unspecified atom stereocenters. The van der Waals surface area contributed by atoms with Gasteiger partial charge in [-0.15, -0.1) is 0 Å². The summed E-state index contributed by atoms with van der Waals surface area (Å²) in [6.07, 6.45) is 4.08. The fraction of sp³-hybridized carbons (Fsp3) is 0.429. The van der Waals surface area contributed by atoms with Crippen LogP contribution < -0.4 is 10.2 Å². The molecule has 1 N–H and O–H groups in total. The first-order valence-electron chi connectivity index (χ1n) is 9.83. The van der Waals surface area contributed by atoms with Crippen LogP contribution in [-0.4, -0.2) is 34.1 Å². The molecule has 1 saturated heterocycles. The lowest BCUT2D eigenvalue weighted by Gasteiger charge is -2.33. The van der Waals surface area contributed by atoms with Crippen LogP contribution in [0.1, 0.15) is 36.6 Å². The molecule has 0 saturated carbocycles. The molecule has 1 aliphatic rings. The molecule has 3 aromatic rings. The highest BCUT2D eigenvalue weighted by Crippen LogP contribution is 2.30. The number of piperidine rings is 1. The van der Waals surface area contributed by atoms with Gasteiger partial charge in [-0.05, 0) is 31.7 Å². The van der Waals surface area contributed by atoms with Crippen molar-refractivity contribution in [3.05, 3.63) is 47.4 Å². The van der Waals surface area contributed by atoms with Gasteiger partial charge in [0.05, 0.1) is 11.6 Å². The molecule has 1 aromatic carbocycles. The average molecular weight is 379 g/mol. The molecule has 3 heterocycles. The number of aryl methyl sites for hydroxylation is 2. The van der Waals surface area contributed by atoms with Crippen LogP contribution in [0, 0.1) is 12.8 Å². The Balaban J connectivity index is 1.46. The van der Waals surface area contributed by atoms with E-state index < -0.39 is 0 Å². The van der Waals surface area contributed by atoms with Gasteiger partial charge in [-0.3, -0.25) is 4.79 Å². The summed E-state index contributed by atoms with van der Waals surface area (Å²) < 4.78 is 5.33. The van der Waals surface area contributed by atoms with Gasteiger partial charge in [0.15, 0.2) is 0 Å². The lowest BCUT2D eigenvalue weighted by atomic mass is 9.96. The third kappa shape index (κ3) is 3.69. The number of carbonyl (C=O) groups excluding carboxylic acids is 1. The Morgan fingerprint density at radius 2 is 2.11 bits per heavy atom. The molecule has 1 amide bonds. The van der Waals surface area contributed by atoms with Gasteiger partial charge in [-0.1, -0.05) is 41.9 Å². The first kappa shape index (κ1) is 18.4. The molecule has 0 spiro atoms. The highest BCUT2D eigenvalue weighted by molar-refractivity contribution is 5.88. The van der Waals surface area contributed by atoms with Crippen molar-refractivity contribution >= 4 is 22.8 Å². The van der Waals surface area contributed by atoms with Crippen LogP contribution in [0.2, 0.25) is 0 Å². The molecule has 0 radical (unpaired) electrons. The Hall–Kier alpha value is -2.96. The van der Waals surface area contributed by atoms with E-state index in [1.54, 1.807) is 0 Å². The molecule has 2 aromatic heterocycles. The molecule has 7 nitrogen and oxygen atoms in total. The van der Waals surface area contributed by atoms with Gasteiger partial charge in [0, 0.05) is 19.6 Å². The Bertz CT molecular complexity index is 967. The highest BCUT2D eigenvalue weighted by atomic mass is 16.5. The van der Waals surface area contributed by atoms with E-state index in [0.717, 1.165) is 48.3 Å². The minimum absolute atomic E-state index is 0.0610. The van der Waals surface area contributed by atoms with E-state index in [4.69, 9.17) is 4.52 Å². The van der Waals surface area contributed by atoms with Crippen molar-refractivity contribution < 1.29 is 9.32 Å². The first-order valence-corrected chi connectivity index (χ1v) is 9.83. The van der Waals surface area contributed by atoms with Crippen molar-refractivity contribution in [2.75, 3.05) is 18.0 Å². The van der Waals surface area contributed by atoms with Crippen LogP contribution in [-0.2, 0) is 17.8 Å². The van der Waals surface area contributed by atoms with Crippen molar-refractivity contribution in [2.24, 2.45) is 5.92 Å². The van der Waals surface area contributed by atoms with Crippen LogP contribution in [0.25, 0.3) is 11.1 Å². The fourth-order valence-electron chi connectivity index (χ4n) is 3.73. The summed E-state index contributed by atoms with van der Waals surface area (Å²) in [4.78, 5) is 23.6. The third-order valence-corrected chi connectivity index (χ3v) is 5.34. The van der Waals surface area contributed by atoms with Crippen LogP contribution in [0.5, 0.6) is 0 Å². The van der Waals surface area contributed by atoms with Gasteiger partial charge in [-0.25, -0.2) is 4.98 Å². The summed E-state index contributed by atoms with van der Waals surface area (Å²) in [6, 6.07) is 8.24. The number of anilines is 1. The molecule has 1 aliphatic heterocycles. The molecular weight excluding hydrogens is 354 g/mol. The predicted molar refractivity (Wildman–Crippen MR) is 107 cm³/mol. The van der Waals surface area contributed by atoms with Crippen molar-refractivity contribution in [3.8, 4) is 0 Å². The first-order chi connectivity index (χ1) is 13.7. The molecule has 0 bridgehead atoms. The number of hydrogen-bond donors (Lipinski definition) is 1. The Morgan fingerprint density at radius 1 is 1.29 bits per heavy atom. The molecule has 1 atom stereocenters. The summed E-state index contributed by atoms with van der Waals surface area (Å²) >= 11 is 0. The number of nitrogens with one attached hydrogen (secondary N) is 1. The maximum absolute atomic E-state index is 12.8. The SMILES string of the molecule is CCc1noc2ncnc(N3CCC[C@@H](C(=O)NCc4ccc(C)cc4)C3)c12. The molecule has 1 fully saturated rings. The van der Waals surface area contributed by atoms with Crippen LogP contribution in [0.4, 0.5) is 5.82 Å². The number of benzene rings is 1. The van der Waals surface area contributed by atoms with Crippen LogP contribution in [0.15, 0.2) is 35.1 Å². The summed E-state index contributed by atoms with van der Waals surface area (Å²) in [6.45, 7) is 6.15. The molecule has 7 heteroatoms. The number of fused-ring (bicyclic) bond motifs is 1. The predicted octanol–water partition coefficient (Wildman–Crippen LogP) is 3.02. The second-order valence-corrected chi connectivity index (χ2v) is 7.35. The quantitative estimate of drug-likeness (QED) is 0.734. The Morgan fingerprint density at radius 3 is 2.89 bits per heavy atom. The summed E-state index contributed by atoms with van der Waals surface area (Å²) in [5, 5.41) is 8.06. The number of hydrogen-bond acceptors (Lipinski definition) is 6. The second kappa shape index (κ2) is 7.96. The average Bonchev–Trinajstić information content (AvgIpc) is 3.16. The Labute approximate surface area is 164 Å². The fourth-order valence-corrected chi connectivity index (χ4v) is 3.73. The monoisotopic (exact) mass is 379 g/mol. The maximum Gasteiger partial charge on any atom is 0.263 e. The van der Waals surface area contributed by atoms with Gasteiger partial charge in [0.25, 0.3) is 5.71 Å². The van der Waals surface area contributed by atoms with E-state index in [1.807, 2.05) is 6.92 Å². The van der Waals surface area contributed by atoms with E-state index >= 15 is 0 Å². The summed E-state index contributed by atoms with van der Waals surface area (Å²) in [5.41, 5.74) is 3.69. The molecule has 146 valence electrons. The van der Waals surface area contributed by atoms with E-state index in [0.29, 0.717) is 18.8 Å². The zero-order valence-electron chi connectivity index (χ0n) is 16.3. The second-order valence-electron chi connectivity index (χ2n) is 7.35. The maximum atomic E-state index is 12.8. The number of nitrogens with zero attached hydrogens (tertiary/aromatic N) is 4. The number of carbonyl (C=O) groups is 1. The van der Waals surface area contributed by atoms with Crippen molar-refractivity contribution in [2.45, 2.75) is 39.7 Å². The topological polar surface area (TPSA) is 84.2 Å². The zero-order valence-corrected chi connectivity index (χ0v) is 16.3. The van der Waals surface area contributed by atoms with Crippen molar-refractivity contribution in [1.29, 1.82) is 0 Å². The number of amides is 1. The van der Waals surface area contributed by atoms with Gasteiger partial charge in [-0.2, -0.15) is 4.98 Å². The standard InChI is InChI=1S/C21H25N5O2/c1-3-17-18-19(23-13-24-21(18)28-25-17)26-10-4-5-16(12-26)20(27)22-11-15-8-6-14(2)7-9-15/h6-9,13,16H,3-5,10-12H2,1-2H3,(H,22,27)/t16-/m1/s1. The number of aromatic nitrogens is 3. The largest absolute Gasteiger partial charge is 0.355 e. The van der Waals surface area contributed by atoms with E-state index in [9.17, 15) is 4.79 Å². The highest BCUT2D eigenvalue weighted by Gasteiger charge is 2.28. The van der Waals surface area contributed by atoms with Gasteiger partial charge in [0.1, 0.15) is 17.5 Å². The van der Waals surface area contributed by atoms with Gasteiger partial charge in [0.2, 0.25) is 5.91 Å².